The SMILES string of the molecule is CN1C(=O)NCC1c1ccccn1. The summed E-state index contributed by atoms with van der Waals surface area (Å²) in [6, 6.07) is 5.78. The van der Waals surface area contributed by atoms with Crippen molar-refractivity contribution in [3.05, 3.63) is 30.1 Å². The summed E-state index contributed by atoms with van der Waals surface area (Å²) in [5.74, 6) is 0. The van der Waals surface area contributed by atoms with Crippen LogP contribution in [0.3, 0.4) is 0 Å². The van der Waals surface area contributed by atoms with Gasteiger partial charge in [-0.15, -0.1) is 0 Å². The van der Waals surface area contributed by atoms with Gasteiger partial charge in [0, 0.05) is 19.8 Å². The molecule has 2 heterocycles. The molecule has 1 aromatic rings. The predicted molar refractivity (Wildman–Crippen MR) is 48.1 cm³/mol. The average molecular weight is 177 g/mol. The van der Waals surface area contributed by atoms with Crippen molar-refractivity contribution in [2.45, 2.75) is 6.04 Å². The maximum absolute atomic E-state index is 11.1. The number of hydrogen-bond acceptors (Lipinski definition) is 2. The van der Waals surface area contributed by atoms with Crippen molar-refractivity contribution in [1.82, 2.24) is 15.2 Å². The van der Waals surface area contributed by atoms with E-state index in [4.69, 9.17) is 0 Å². The lowest BCUT2D eigenvalue weighted by Crippen LogP contribution is -2.25. The third kappa shape index (κ3) is 1.35. The summed E-state index contributed by atoms with van der Waals surface area (Å²) in [6.07, 6.45) is 1.74. The maximum Gasteiger partial charge on any atom is 0.317 e. The van der Waals surface area contributed by atoms with Crippen molar-refractivity contribution in [1.29, 1.82) is 0 Å². The van der Waals surface area contributed by atoms with Gasteiger partial charge in [-0.05, 0) is 12.1 Å². The standard InChI is InChI=1S/C9H11N3O/c1-12-8(6-11-9(12)13)7-4-2-3-5-10-7/h2-5,8H,6H2,1H3,(H,11,13). The molecule has 0 spiro atoms. The summed E-state index contributed by atoms with van der Waals surface area (Å²) in [7, 11) is 1.78. The zero-order chi connectivity index (χ0) is 9.26. The summed E-state index contributed by atoms with van der Waals surface area (Å²) >= 11 is 0. The second-order valence-electron chi connectivity index (χ2n) is 3.07. The van der Waals surface area contributed by atoms with E-state index in [-0.39, 0.29) is 12.1 Å². The first-order chi connectivity index (χ1) is 6.29. The highest BCUT2D eigenvalue weighted by molar-refractivity contribution is 5.76. The summed E-state index contributed by atoms with van der Waals surface area (Å²) < 4.78 is 0. The second kappa shape index (κ2) is 3.05. The number of nitrogens with one attached hydrogen (secondary N) is 1. The summed E-state index contributed by atoms with van der Waals surface area (Å²) in [6.45, 7) is 0.645. The smallest absolute Gasteiger partial charge is 0.317 e. The van der Waals surface area contributed by atoms with Crippen LogP contribution in [0, 0.1) is 0 Å². The zero-order valence-corrected chi connectivity index (χ0v) is 7.40. The number of carbonyl (C=O) groups excluding carboxylic acids is 1. The van der Waals surface area contributed by atoms with Crippen molar-refractivity contribution in [3.63, 3.8) is 0 Å². The van der Waals surface area contributed by atoms with Crippen LogP contribution in [0.5, 0.6) is 0 Å². The van der Waals surface area contributed by atoms with Crippen molar-refractivity contribution in [2.24, 2.45) is 0 Å². The van der Waals surface area contributed by atoms with Crippen LogP contribution in [0.4, 0.5) is 4.79 Å². The Morgan fingerprint density at radius 1 is 1.62 bits per heavy atom. The molecule has 1 atom stereocenters. The Morgan fingerprint density at radius 3 is 3.00 bits per heavy atom. The first-order valence-electron chi connectivity index (χ1n) is 4.20. The molecule has 68 valence electrons. The Kier molecular flexibility index (Phi) is 1.88. The number of nitrogens with zero attached hydrogens (tertiary/aromatic N) is 2. The van der Waals surface area contributed by atoms with Crippen LogP contribution < -0.4 is 5.32 Å². The molecule has 1 unspecified atom stereocenters. The molecular formula is C9H11N3O. The molecule has 0 radical (unpaired) electrons. The lowest BCUT2D eigenvalue weighted by atomic mass is 10.2. The van der Waals surface area contributed by atoms with E-state index < -0.39 is 0 Å². The number of likely N-dealkylation sites (N-methyl/N-ethyl adjacent to an activating group) is 1. The molecule has 1 N–H and O–H groups in total. The minimum Gasteiger partial charge on any atom is -0.335 e. The van der Waals surface area contributed by atoms with E-state index in [1.54, 1.807) is 18.1 Å². The molecule has 4 nitrogen and oxygen atoms in total. The van der Waals surface area contributed by atoms with Gasteiger partial charge in [0.1, 0.15) is 0 Å². The number of urea groups is 1. The van der Waals surface area contributed by atoms with Crippen LogP contribution >= 0.6 is 0 Å². The van der Waals surface area contributed by atoms with Gasteiger partial charge in [0.2, 0.25) is 0 Å². The Hall–Kier alpha value is -1.58. The van der Waals surface area contributed by atoms with Gasteiger partial charge < -0.3 is 10.2 Å². The first kappa shape index (κ1) is 8.04. The van der Waals surface area contributed by atoms with Crippen molar-refractivity contribution >= 4 is 6.03 Å². The topological polar surface area (TPSA) is 45.2 Å². The molecule has 1 fully saturated rings. The number of aromatic nitrogens is 1. The van der Waals surface area contributed by atoms with Crippen LogP contribution in [-0.2, 0) is 0 Å². The molecule has 0 bridgehead atoms. The van der Waals surface area contributed by atoms with Crippen molar-refractivity contribution in [2.75, 3.05) is 13.6 Å². The first-order valence-corrected chi connectivity index (χ1v) is 4.20. The van der Waals surface area contributed by atoms with Crippen LogP contribution in [-0.4, -0.2) is 29.5 Å². The Balaban J connectivity index is 2.24. The number of hydrogen-bond donors (Lipinski definition) is 1. The fourth-order valence-electron chi connectivity index (χ4n) is 1.46. The summed E-state index contributed by atoms with van der Waals surface area (Å²) in [5.41, 5.74) is 0.934. The molecule has 0 aromatic carbocycles. The molecule has 2 amide bonds. The zero-order valence-electron chi connectivity index (χ0n) is 7.40. The minimum absolute atomic E-state index is 0.0318. The van der Waals surface area contributed by atoms with Crippen LogP contribution in [0.1, 0.15) is 11.7 Å². The van der Waals surface area contributed by atoms with E-state index in [1.165, 1.54) is 0 Å². The molecular weight excluding hydrogens is 166 g/mol. The average Bonchev–Trinajstić information content (AvgIpc) is 2.49. The van der Waals surface area contributed by atoms with Gasteiger partial charge in [-0.2, -0.15) is 0 Å². The largest absolute Gasteiger partial charge is 0.335 e. The molecule has 1 aliphatic heterocycles. The van der Waals surface area contributed by atoms with E-state index in [1.807, 2.05) is 18.2 Å². The Labute approximate surface area is 76.6 Å². The predicted octanol–water partition coefficient (Wildman–Crippen LogP) is 0.778. The molecule has 0 aliphatic carbocycles. The summed E-state index contributed by atoms with van der Waals surface area (Å²) in [5, 5.41) is 2.76. The van der Waals surface area contributed by atoms with E-state index in [0.717, 1.165) is 5.69 Å². The maximum atomic E-state index is 11.1. The molecule has 13 heavy (non-hydrogen) atoms. The lowest BCUT2D eigenvalue weighted by molar-refractivity contribution is 0.216. The fourth-order valence-corrected chi connectivity index (χ4v) is 1.46. The van der Waals surface area contributed by atoms with E-state index in [2.05, 4.69) is 10.3 Å². The second-order valence-corrected chi connectivity index (χ2v) is 3.07. The van der Waals surface area contributed by atoms with Crippen LogP contribution in [0.25, 0.3) is 0 Å². The van der Waals surface area contributed by atoms with Gasteiger partial charge in [-0.3, -0.25) is 4.98 Å². The van der Waals surface area contributed by atoms with Gasteiger partial charge in [0.25, 0.3) is 0 Å². The third-order valence-corrected chi connectivity index (χ3v) is 2.26. The van der Waals surface area contributed by atoms with Crippen LogP contribution in [0.15, 0.2) is 24.4 Å². The van der Waals surface area contributed by atoms with E-state index in [0.29, 0.717) is 6.54 Å². The molecule has 1 saturated heterocycles. The molecule has 1 aromatic heterocycles. The van der Waals surface area contributed by atoms with Gasteiger partial charge in [-0.25, -0.2) is 4.79 Å². The number of pyridine rings is 1. The fraction of sp³-hybridized carbons (Fsp3) is 0.333. The van der Waals surface area contributed by atoms with Crippen molar-refractivity contribution in [3.8, 4) is 0 Å². The molecule has 2 rings (SSSR count). The minimum atomic E-state index is -0.0318. The summed E-state index contributed by atoms with van der Waals surface area (Å²) in [4.78, 5) is 17.0. The van der Waals surface area contributed by atoms with E-state index >= 15 is 0 Å². The number of rotatable bonds is 1. The quantitative estimate of drug-likeness (QED) is 0.689. The molecule has 1 aliphatic rings. The van der Waals surface area contributed by atoms with Gasteiger partial charge in [0.15, 0.2) is 0 Å². The highest BCUT2D eigenvalue weighted by Crippen LogP contribution is 2.19. The van der Waals surface area contributed by atoms with E-state index in [9.17, 15) is 4.79 Å². The Bertz CT molecular complexity index is 312. The van der Waals surface area contributed by atoms with Gasteiger partial charge in [0.05, 0.1) is 11.7 Å². The van der Waals surface area contributed by atoms with Crippen LogP contribution in [0.2, 0.25) is 0 Å². The lowest BCUT2D eigenvalue weighted by Gasteiger charge is -2.16. The number of carbonyl (C=O) groups is 1. The monoisotopic (exact) mass is 177 g/mol. The normalized spacial score (nSPS) is 21.8. The molecule has 0 saturated carbocycles. The Morgan fingerprint density at radius 2 is 2.46 bits per heavy atom. The highest BCUT2D eigenvalue weighted by Gasteiger charge is 2.28. The van der Waals surface area contributed by atoms with Gasteiger partial charge in [-0.1, -0.05) is 6.07 Å². The highest BCUT2D eigenvalue weighted by atomic mass is 16.2. The van der Waals surface area contributed by atoms with Gasteiger partial charge >= 0.3 is 6.03 Å². The number of amides is 2. The third-order valence-electron chi connectivity index (χ3n) is 2.26. The van der Waals surface area contributed by atoms with Crippen molar-refractivity contribution < 1.29 is 4.79 Å². The molecule has 4 heteroatoms.